The van der Waals surface area contributed by atoms with Crippen molar-refractivity contribution in [1.82, 2.24) is 14.8 Å². The van der Waals surface area contributed by atoms with Gasteiger partial charge in [0.05, 0.1) is 43.9 Å². The number of anilines is 1. The standard InChI is InChI=1S/C26H31Cl2N5O3/c1-19(2)31-9-11-32(12-10-31)21-4-6-22(7-5-21)34-14-23-15-35-26(36-23,16-33-18-29-17-30-33)24-8-3-20(27)13-25(24)28/h3-8,13,17-19,23H,9-12,14-16H2,1-2H3/p+1/t23?,26-/m1/s1. The van der Waals surface area contributed by atoms with Crippen LogP contribution in [0.3, 0.4) is 0 Å². The monoisotopic (exact) mass is 532 g/mol. The molecule has 1 N–H and O–H groups in total. The van der Waals surface area contributed by atoms with Crippen molar-refractivity contribution in [2.24, 2.45) is 0 Å². The van der Waals surface area contributed by atoms with Crippen molar-refractivity contribution >= 4 is 28.9 Å². The summed E-state index contributed by atoms with van der Waals surface area (Å²) in [5.74, 6) is -0.319. The molecule has 2 aliphatic rings. The minimum atomic E-state index is -1.12. The van der Waals surface area contributed by atoms with E-state index in [9.17, 15) is 0 Å². The van der Waals surface area contributed by atoms with Gasteiger partial charge in [0.15, 0.2) is 0 Å². The SMILES string of the molecule is CC(C)[NH+]1CCN(c2ccc(OCC3CO[C@@](Cn4cncn4)(c4ccc(Cl)cc4Cl)O3)cc2)CC1. The molecule has 10 heteroatoms. The van der Waals surface area contributed by atoms with Gasteiger partial charge in [-0.2, -0.15) is 5.10 Å². The number of hydrogen-bond donors (Lipinski definition) is 1. The van der Waals surface area contributed by atoms with Crippen molar-refractivity contribution in [2.75, 3.05) is 44.3 Å². The molecule has 1 aromatic heterocycles. The summed E-state index contributed by atoms with van der Waals surface area (Å²) >= 11 is 12.7. The molecule has 0 bridgehead atoms. The molecule has 2 fully saturated rings. The molecule has 36 heavy (non-hydrogen) atoms. The molecule has 3 heterocycles. The Morgan fingerprint density at radius 1 is 1.14 bits per heavy atom. The second-order valence-electron chi connectivity index (χ2n) is 9.63. The Morgan fingerprint density at radius 3 is 2.58 bits per heavy atom. The number of piperazine rings is 1. The largest absolute Gasteiger partial charge is 0.491 e. The fraction of sp³-hybridized carbons (Fsp3) is 0.462. The molecule has 0 saturated carbocycles. The number of nitrogens with one attached hydrogen (secondary N) is 1. The molecule has 192 valence electrons. The van der Waals surface area contributed by atoms with Crippen molar-refractivity contribution in [3.8, 4) is 5.75 Å². The molecule has 8 nitrogen and oxygen atoms in total. The van der Waals surface area contributed by atoms with E-state index in [1.165, 1.54) is 25.1 Å². The second-order valence-corrected chi connectivity index (χ2v) is 10.5. The van der Waals surface area contributed by atoms with E-state index in [4.69, 9.17) is 37.4 Å². The van der Waals surface area contributed by atoms with Crippen LogP contribution in [0.2, 0.25) is 10.0 Å². The van der Waals surface area contributed by atoms with E-state index >= 15 is 0 Å². The predicted molar refractivity (Wildman–Crippen MR) is 139 cm³/mol. The lowest BCUT2D eigenvalue weighted by atomic mass is 10.1. The third-order valence-electron chi connectivity index (χ3n) is 6.90. The molecule has 2 aromatic carbocycles. The van der Waals surface area contributed by atoms with Gasteiger partial charge in [-0.05, 0) is 50.2 Å². The molecule has 0 radical (unpaired) electrons. The minimum absolute atomic E-state index is 0.285. The minimum Gasteiger partial charge on any atom is -0.491 e. The van der Waals surface area contributed by atoms with E-state index in [1.54, 1.807) is 28.0 Å². The van der Waals surface area contributed by atoms with Crippen molar-refractivity contribution in [1.29, 1.82) is 0 Å². The number of aromatic nitrogens is 3. The van der Waals surface area contributed by atoms with E-state index in [-0.39, 0.29) is 6.10 Å². The van der Waals surface area contributed by atoms with E-state index in [0.29, 0.717) is 41.4 Å². The van der Waals surface area contributed by atoms with Crippen molar-refractivity contribution in [2.45, 2.75) is 38.3 Å². The van der Waals surface area contributed by atoms with Crippen LogP contribution in [0.4, 0.5) is 5.69 Å². The third-order valence-corrected chi connectivity index (χ3v) is 7.45. The first-order valence-corrected chi connectivity index (χ1v) is 13.1. The summed E-state index contributed by atoms with van der Waals surface area (Å²) in [7, 11) is 0. The van der Waals surface area contributed by atoms with Gasteiger partial charge < -0.3 is 24.0 Å². The Morgan fingerprint density at radius 2 is 1.92 bits per heavy atom. The number of nitrogens with zero attached hydrogens (tertiary/aromatic N) is 4. The van der Waals surface area contributed by atoms with Crippen LogP contribution in [-0.4, -0.2) is 66.3 Å². The van der Waals surface area contributed by atoms with Gasteiger partial charge in [-0.3, -0.25) is 0 Å². The van der Waals surface area contributed by atoms with E-state index in [0.717, 1.165) is 18.8 Å². The normalized spacial score (nSPS) is 22.9. The highest BCUT2D eigenvalue weighted by molar-refractivity contribution is 6.35. The zero-order valence-electron chi connectivity index (χ0n) is 20.6. The average Bonchev–Trinajstić information content (AvgIpc) is 3.54. The van der Waals surface area contributed by atoms with Gasteiger partial charge >= 0.3 is 0 Å². The summed E-state index contributed by atoms with van der Waals surface area (Å²) < 4.78 is 20.4. The van der Waals surface area contributed by atoms with E-state index in [2.05, 4.69) is 41.0 Å². The van der Waals surface area contributed by atoms with Crippen LogP contribution in [-0.2, 0) is 21.8 Å². The summed E-state index contributed by atoms with van der Waals surface area (Å²) in [6.07, 6.45) is 2.81. The van der Waals surface area contributed by atoms with Crippen LogP contribution < -0.4 is 14.5 Å². The Bertz CT molecular complexity index is 1140. The van der Waals surface area contributed by atoms with Gasteiger partial charge in [-0.25, -0.2) is 9.67 Å². The molecule has 2 saturated heterocycles. The Labute approximate surface area is 221 Å². The van der Waals surface area contributed by atoms with Crippen LogP contribution in [0.5, 0.6) is 5.75 Å². The number of ether oxygens (including phenoxy) is 3. The summed E-state index contributed by atoms with van der Waals surface area (Å²) in [5.41, 5.74) is 1.92. The Kier molecular flexibility index (Phi) is 7.69. The van der Waals surface area contributed by atoms with Gasteiger partial charge in [0.2, 0.25) is 5.79 Å². The average molecular weight is 533 g/mol. The van der Waals surface area contributed by atoms with Gasteiger partial charge in [0, 0.05) is 16.3 Å². The number of hydrogen-bond acceptors (Lipinski definition) is 6. The molecule has 2 aliphatic heterocycles. The highest BCUT2D eigenvalue weighted by Gasteiger charge is 2.45. The molecule has 0 amide bonds. The van der Waals surface area contributed by atoms with Crippen LogP contribution in [0, 0.1) is 0 Å². The van der Waals surface area contributed by atoms with Gasteiger partial charge in [-0.15, -0.1) is 0 Å². The van der Waals surface area contributed by atoms with Crippen molar-refractivity contribution in [3.05, 3.63) is 70.7 Å². The van der Waals surface area contributed by atoms with Crippen LogP contribution in [0.25, 0.3) is 0 Å². The lowest BCUT2D eigenvalue weighted by molar-refractivity contribution is -0.921. The summed E-state index contributed by atoms with van der Waals surface area (Å²) in [6.45, 7) is 10.1. The summed E-state index contributed by atoms with van der Waals surface area (Å²) in [5, 5.41) is 5.23. The molecule has 5 rings (SSSR count). The lowest BCUT2D eigenvalue weighted by Crippen LogP contribution is -3.17. The fourth-order valence-electron chi connectivity index (χ4n) is 4.85. The molecule has 0 spiro atoms. The molecule has 3 aromatic rings. The maximum absolute atomic E-state index is 6.54. The van der Waals surface area contributed by atoms with Crippen LogP contribution >= 0.6 is 23.2 Å². The van der Waals surface area contributed by atoms with Crippen LogP contribution in [0.15, 0.2) is 55.1 Å². The molecular formula is C26H32Cl2N5O3+. The zero-order chi connectivity index (χ0) is 25.1. The Balaban J connectivity index is 1.21. The summed E-state index contributed by atoms with van der Waals surface area (Å²) in [4.78, 5) is 8.14. The first kappa shape index (κ1) is 25.3. The van der Waals surface area contributed by atoms with Gasteiger partial charge in [0.25, 0.3) is 0 Å². The maximum Gasteiger partial charge on any atom is 0.217 e. The first-order chi connectivity index (χ1) is 17.4. The predicted octanol–water partition coefficient (Wildman–Crippen LogP) is 3.05. The number of halogens is 2. The van der Waals surface area contributed by atoms with Crippen LogP contribution in [0.1, 0.15) is 19.4 Å². The fourth-order valence-corrected chi connectivity index (χ4v) is 5.41. The number of quaternary nitrogens is 1. The van der Waals surface area contributed by atoms with E-state index in [1.807, 2.05) is 18.2 Å². The topological polar surface area (TPSA) is 66.1 Å². The number of benzene rings is 2. The summed E-state index contributed by atoms with van der Waals surface area (Å²) in [6, 6.07) is 14.3. The lowest BCUT2D eigenvalue weighted by Gasteiger charge is -2.35. The molecule has 0 aliphatic carbocycles. The number of rotatable bonds is 8. The highest BCUT2D eigenvalue weighted by atomic mass is 35.5. The second kappa shape index (κ2) is 10.9. The van der Waals surface area contributed by atoms with Crippen molar-refractivity contribution < 1.29 is 19.1 Å². The molecular weight excluding hydrogens is 501 g/mol. The van der Waals surface area contributed by atoms with E-state index < -0.39 is 5.79 Å². The molecule has 2 atom stereocenters. The first-order valence-electron chi connectivity index (χ1n) is 12.3. The Hall–Kier alpha value is -2.36. The highest BCUT2D eigenvalue weighted by Crippen LogP contribution is 2.40. The van der Waals surface area contributed by atoms with Crippen molar-refractivity contribution in [3.63, 3.8) is 0 Å². The zero-order valence-corrected chi connectivity index (χ0v) is 22.1. The third kappa shape index (κ3) is 5.63. The molecule has 1 unspecified atom stereocenters. The quantitative estimate of drug-likeness (QED) is 0.481. The maximum atomic E-state index is 6.54. The van der Waals surface area contributed by atoms with Gasteiger partial charge in [0.1, 0.15) is 37.7 Å². The smallest absolute Gasteiger partial charge is 0.217 e. The van der Waals surface area contributed by atoms with Gasteiger partial charge in [-0.1, -0.05) is 29.3 Å².